The van der Waals surface area contributed by atoms with Gasteiger partial charge in [-0.25, -0.2) is 0 Å². The molecule has 1 nitrogen and oxygen atoms in total. The van der Waals surface area contributed by atoms with Crippen LogP contribution in [0.15, 0.2) is 17.0 Å². The van der Waals surface area contributed by atoms with Crippen molar-refractivity contribution in [1.82, 2.24) is 0 Å². The van der Waals surface area contributed by atoms with Gasteiger partial charge >= 0.3 is 0 Å². The number of hydrogen-bond donors (Lipinski definition) is 0. The van der Waals surface area contributed by atoms with Crippen LogP contribution in [0.2, 0.25) is 0 Å². The van der Waals surface area contributed by atoms with Crippen molar-refractivity contribution in [3.8, 4) is 0 Å². The quantitative estimate of drug-likeness (QED) is 0.722. The molecule has 0 N–H and O–H groups in total. The average Bonchev–Trinajstić information content (AvgIpc) is 2.01. The van der Waals surface area contributed by atoms with E-state index >= 15 is 0 Å². The van der Waals surface area contributed by atoms with Gasteiger partial charge in [0.25, 0.3) is 5.24 Å². The van der Waals surface area contributed by atoms with E-state index in [2.05, 4.69) is 0 Å². The summed E-state index contributed by atoms with van der Waals surface area (Å²) in [5.74, 6) is 0. The molecule has 0 heterocycles. The second kappa shape index (κ2) is 4.36. The van der Waals surface area contributed by atoms with Gasteiger partial charge in [0.1, 0.15) is 0 Å². The highest BCUT2D eigenvalue weighted by Gasteiger charge is 2.12. The Morgan fingerprint density at radius 3 is 2.46 bits per heavy atom. The topological polar surface area (TPSA) is 17.1 Å². The normalized spacial score (nSPS) is 10.2. The Labute approximate surface area is 90.9 Å². The molecule has 0 aromatic heterocycles. The molecule has 0 aliphatic carbocycles. The number of hydrogen-bond acceptors (Lipinski definition) is 2. The fourth-order valence-electron chi connectivity index (χ4n) is 1.24. The Bertz CT molecular complexity index is 350. The molecular weight excluding hydrogens is 227 g/mol. The standard InChI is InChI=1S/C9H8Cl2OS/c1-5-3-6(2)8(9(10)12)7(4-5)13-11/h3-4H,1-2H3. The van der Waals surface area contributed by atoms with E-state index in [0.717, 1.165) is 27.0 Å². The van der Waals surface area contributed by atoms with E-state index < -0.39 is 5.24 Å². The maximum atomic E-state index is 11.1. The first-order valence-electron chi connectivity index (χ1n) is 3.66. The highest BCUT2D eigenvalue weighted by molar-refractivity contribution is 8.21. The second-order valence-corrected chi connectivity index (χ2v) is 4.21. The Morgan fingerprint density at radius 1 is 1.38 bits per heavy atom. The summed E-state index contributed by atoms with van der Waals surface area (Å²) in [4.78, 5) is 11.8. The van der Waals surface area contributed by atoms with Crippen LogP contribution in [0.25, 0.3) is 0 Å². The predicted octanol–water partition coefficient (Wildman–Crippen LogP) is 3.93. The number of carbonyl (C=O) groups is 1. The van der Waals surface area contributed by atoms with Crippen molar-refractivity contribution in [1.29, 1.82) is 0 Å². The minimum Gasteiger partial charge on any atom is -0.276 e. The molecule has 0 fully saturated rings. The van der Waals surface area contributed by atoms with Crippen molar-refractivity contribution < 1.29 is 4.79 Å². The van der Waals surface area contributed by atoms with Crippen molar-refractivity contribution >= 4 is 38.5 Å². The van der Waals surface area contributed by atoms with Crippen molar-refractivity contribution in [2.75, 3.05) is 0 Å². The van der Waals surface area contributed by atoms with Crippen LogP contribution < -0.4 is 0 Å². The van der Waals surface area contributed by atoms with E-state index in [-0.39, 0.29) is 0 Å². The molecule has 1 aromatic rings. The number of benzene rings is 1. The molecule has 13 heavy (non-hydrogen) atoms. The third-order valence-electron chi connectivity index (χ3n) is 1.72. The van der Waals surface area contributed by atoms with E-state index in [4.69, 9.17) is 22.3 Å². The molecule has 0 saturated carbocycles. The third kappa shape index (κ3) is 2.39. The van der Waals surface area contributed by atoms with Crippen LogP contribution in [0.3, 0.4) is 0 Å². The van der Waals surface area contributed by atoms with Crippen LogP contribution in [0.5, 0.6) is 0 Å². The number of carbonyl (C=O) groups excluding carboxylic acids is 1. The molecule has 0 aliphatic heterocycles. The number of aryl methyl sites for hydroxylation is 2. The molecule has 0 spiro atoms. The highest BCUT2D eigenvalue weighted by Crippen LogP contribution is 2.30. The van der Waals surface area contributed by atoms with Gasteiger partial charge in [0.2, 0.25) is 0 Å². The zero-order valence-corrected chi connectivity index (χ0v) is 9.56. The van der Waals surface area contributed by atoms with Crippen molar-refractivity contribution in [3.63, 3.8) is 0 Å². The molecule has 0 aliphatic rings. The molecular formula is C9H8Cl2OS. The first kappa shape index (κ1) is 10.9. The summed E-state index contributed by atoms with van der Waals surface area (Å²) >= 11 is 5.43. The van der Waals surface area contributed by atoms with Gasteiger partial charge in [-0.1, -0.05) is 6.07 Å². The Morgan fingerprint density at radius 2 is 2.00 bits per heavy atom. The lowest BCUT2D eigenvalue weighted by Gasteiger charge is -2.06. The molecule has 1 rings (SSSR count). The van der Waals surface area contributed by atoms with E-state index in [9.17, 15) is 4.79 Å². The van der Waals surface area contributed by atoms with Crippen LogP contribution in [0, 0.1) is 13.8 Å². The molecule has 0 saturated heterocycles. The lowest BCUT2D eigenvalue weighted by atomic mass is 10.1. The smallest absolute Gasteiger partial charge is 0.253 e. The number of halogens is 2. The summed E-state index contributed by atoms with van der Waals surface area (Å²) < 4.78 is 0. The van der Waals surface area contributed by atoms with Crippen molar-refractivity contribution in [2.45, 2.75) is 18.7 Å². The van der Waals surface area contributed by atoms with Gasteiger partial charge in [0.15, 0.2) is 0 Å². The summed E-state index contributed by atoms with van der Waals surface area (Å²) in [7, 11) is 6.64. The lowest BCUT2D eigenvalue weighted by molar-refractivity contribution is 0.107. The lowest BCUT2D eigenvalue weighted by Crippen LogP contribution is -1.96. The van der Waals surface area contributed by atoms with E-state index in [1.54, 1.807) is 0 Å². The number of rotatable bonds is 2. The summed E-state index contributed by atoms with van der Waals surface area (Å²) in [6.45, 7) is 3.80. The van der Waals surface area contributed by atoms with Gasteiger partial charge in [-0.2, -0.15) is 0 Å². The molecule has 0 radical (unpaired) electrons. The zero-order valence-electron chi connectivity index (χ0n) is 7.23. The predicted molar refractivity (Wildman–Crippen MR) is 57.8 cm³/mol. The molecule has 0 amide bonds. The Kier molecular flexibility index (Phi) is 3.65. The van der Waals surface area contributed by atoms with Crippen LogP contribution in [0.4, 0.5) is 0 Å². The fourth-order valence-corrected chi connectivity index (χ4v) is 2.47. The molecule has 0 bridgehead atoms. The largest absolute Gasteiger partial charge is 0.276 e. The summed E-state index contributed by atoms with van der Waals surface area (Å²) in [6, 6.07) is 3.76. The molecule has 0 unspecified atom stereocenters. The third-order valence-corrected chi connectivity index (χ3v) is 2.90. The average molecular weight is 235 g/mol. The van der Waals surface area contributed by atoms with Crippen LogP contribution in [0.1, 0.15) is 21.5 Å². The van der Waals surface area contributed by atoms with Crippen molar-refractivity contribution in [2.24, 2.45) is 0 Å². The minimum atomic E-state index is -0.458. The molecule has 1 aromatic carbocycles. The van der Waals surface area contributed by atoms with Gasteiger partial charge in [-0.3, -0.25) is 4.79 Å². The molecule has 70 valence electrons. The maximum Gasteiger partial charge on any atom is 0.253 e. The van der Waals surface area contributed by atoms with E-state index in [0.29, 0.717) is 5.56 Å². The van der Waals surface area contributed by atoms with Gasteiger partial charge in [-0.05, 0) is 64.3 Å². The summed E-state index contributed by atoms with van der Waals surface area (Å²) in [5, 5.41) is -0.458. The summed E-state index contributed by atoms with van der Waals surface area (Å²) in [5.41, 5.74) is 2.44. The van der Waals surface area contributed by atoms with Crippen LogP contribution in [-0.4, -0.2) is 5.24 Å². The van der Waals surface area contributed by atoms with E-state index in [1.807, 2.05) is 26.0 Å². The van der Waals surface area contributed by atoms with Gasteiger partial charge < -0.3 is 0 Å². The SMILES string of the molecule is Cc1cc(C)c(C(=O)Cl)c(SCl)c1. The summed E-state index contributed by atoms with van der Waals surface area (Å²) in [6.07, 6.45) is 0. The maximum absolute atomic E-state index is 11.1. The monoisotopic (exact) mass is 234 g/mol. The highest BCUT2D eigenvalue weighted by atomic mass is 35.7. The Hall–Kier alpha value is -0.180. The first-order valence-corrected chi connectivity index (χ1v) is 5.68. The first-order chi connectivity index (χ1) is 6.06. The van der Waals surface area contributed by atoms with E-state index in [1.165, 1.54) is 0 Å². The van der Waals surface area contributed by atoms with Crippen molar-refractivity contribution in [3.05, 3.63) is 28.8 Å². The molecule has 0 atom stereocenters. The minimum absolute atomic E-state index is 0.458. The van der Waals surface area contributed by atoms with Crippen LogP contribution >= 0.6 is 33.3 Å². The van der Waals surface area contributed by atoms with Gasteiger partial charge in [-0.15, -0.1) is 0 Å². The fraction of sp³-hybridized carbons (Fsp3) is 0.222. The second-order valence-electron chi connectivity index (χ2n) is 2.81. The van der Waals surface area contributed by atoms with Gasteiger partial charge in [0, 0.05) is 4.90 Å². The van der Waals surface area contributed by atoms with Gasteiger partial charge in [0.05, 0.1) is 5.56 Å². The van der Waals surface area contributed by atoms with Crippen LogP contribution in [-0.2, 0) is 0 Å². The molecule has 4 heteroatoms. The Balaban J connectivity index is 3.38. The zero-order chi connectivity index (χ0) is 10.0.